The number of aryl methyl sites for hydroxylation is 2. The van der Waals surface area contributed by atoms with Crippen LogP contribution in [0.3, 0.4) is 0 Å². The third-order valence-electron chi connectivity index (χ3n) is 6.33. The Labute approximate surface area is 231 Å². The van der Waals surface area contributed by atoms with Crippen LogP contribution in [0.1, 0.15) is 52.6 Å². The van der Waals surface area contributed by atoms with Crippen molar-refractivity contribution in [3.05, 3.63) is 101 Å². The fraction of sp³-hybridized carbons (Fsp3) is 0.300. The third kappa shape index (κ3) is 6.93. The van der Waals surface area contributed by atoms with Gasteiger partial charge in [0.25, 0.3) is 5.91 Å². The number of halogens is 2. The number of aromatic nitrogens is 2. The number of alkyl carbamates (subject to hydrolysis) is 1. The smallest absolute Gasteiger partial charge is 0.407 e. The summed E-state index contributed by atoms with van der Waals surface area (Å²) in [6.45, 7) is 5.48. The Bertz CT molecular complexity index is 1470. The fourth-order valence-electron chi connectivity index (χ4n) is 4.36. The molecule has 40 heavy (non-hydrogen) atoms. The molecular formula is C30H32F2N4O4. The number of carbonyl (C=O) groups excluding carboxylic acids is 2. The van der Waals surface area contributed by atoms with Crippen LogP contribution < -0.4 is 15.4 Å². The molecule has 0 fully saturated rings. The lowest BCUT2D eigenvalue weighted by Crippen LogP contribution is -2.44. The quantitative estimate of drug-likeness (QED) is 0.252. The van der Waals surface area contributed by atoms with Gasteiger partial charge < -0.3 is 20.1 Å². The molecule has 10 heteroatoms. The molecule has 0 aliphatic rings. The number of nitrogens with zero attached hydrogens (tertiary/aromatic N) is 2. The second kappa shape index (κ2) is 13.1. The first-order valence-electron chi connectivity index (χ1n) is 13.1. The Morgan fingerprint density at radius 3 is 2.45 bits per heavy atom. The number of rotatable bonds is 11. The van der Waals surface area contributed by atoms with Crippen molar-refractivity contribution >= 4 is 17.6 Å². The summed E-state index contributed by atoms with van der Waals surface area (Å²) >= 11 is 0. The van der Waals surface area contributed by atoms with Crippen molar-refractivity contribution in [3.63, 3.8) is 0 Å². The van der Waals surface area contributed by atoms with Crippen LogP contribution in [-0.2, 0) is 18.0 Å². The highest BCUT2D eigenvalue weighted by Gasteiger charge is 2.22. The highest BCUT2D eigenvalue weighted by molar-refractivity contribution is 5.95. The van der Waals surface area contributed by atoms with Crippen LogP contribution in [0.5, 0.6) is 5.75 Å². The van der Waals surface area contributed by atoms with E-state index in [2.05, 4.69) is 15.6 Å². The van der Waals surface area contributed by atoms with E-state index in [1.807, 2.05) is 44.2 Å². The second-order valence-corrected chi connectivity index (χ2v) is 9.51. The SMILES string of the molecule is CCCC(CNC(=O)c1c(C)nc2c(OCc3c(F)cccc3F)cc(C)cn12)NC(=O)OCc1ccccc1. The number of fused-ring (bicyclic) bond motifs is 1. The Morgan fingerprint density at radius 2 is 1.75 bits per heavy atom. The van der Waals surface area contributed by atoms with E-state index < -0.39 is 17.7 Å². The summed E-state index contributed by atoms with van der Waals surface area (Å²) < 4.78 is 40.9. The summed E-state index contributed by atoms with van der Waals surface area (Å²) in [6.07, 6.45) is 2.60. The molecule has 2 aromatic carbocycles. The summed E-state index contributed by atoms with van der Waals surface area (Å²) in [5, 5.41) is 5.70. The van der Waals surface area contributed by atoms with Crippen LogP contribution in [0.15, 0.2) is 60.8 Å². The molecule has 4 aromatic rings. The van der Waals surface area contributed by atoms with Crippen molar-refractivity contribution in [1.82, 2.24) is 20.0 Å². The van der Waals surface area contributed by atoms with Gasteiger partial charge in [0.15, 0.2) is 11.4 Å². The van der Waals surface area contributed by atoms with Gasteiger partial charge in [-0.05, 0) is 49.6 Å². The molecule has 0 bridgehead atoms. The first kappa shape index (κ1) is 28.5. The van der Waals surface area contributed by atoms with Gasteiger partial charge in [-0.1, -0.05) is 49.7 Å². The van der Waals surface area contributed by atoms with Crippen LogP contribution >= 0.6 is 0 Å². The maximum Gasteiger partial charge on any atom is 0.407 e. The van der Waals surface area contributed by atoms with Crippen LogP contribution in [0, 0.1) is 25.5 Å². The van der Waals surface area contributed by atoms with Crippen LogP contribution in [-0.4, -0.2) is 34.0 Å². The number of benzene rings is 2. The molecule has 2 N–H and O–H groups in total. The van der Waals surface area contributed by atoms with Crippen LogP contribution in [0.4, 0.5) is 13.6 Å². The Hall–Kier alpha value is -4.47. The molecule has 210 valence electrons. The molecule has 2 amide bonds. The lowest BCUT2D eigenvalue weighted by Gasteiger charge is -2.19. The summed E-state index contributed by atoms with van der Waals surface area (Å²) in [6, 6.07) is 14.3. The topological polar surface area (TPSA) is 94.0 Å². The van der Waals surface area contributed by atoms with E-state index in [0.717, 1.165) is 17.5 Å². The number of carbonyl (C=O) groups is 2. The summed E-state index contributed by atoms with van der Waals surface area (Å²) in [7, 11) is 0. The molecule has 0 saturated heterocycles. The first-order chi connectivity index (χ1) is 19.3. The molecule has 8 nitrogen and oxygen atoms in total. The predicted octanol–water partition coefficient (Wildman–Crippen LogP) is 5.63. The van der Waals surface area contributed by atoms with E-state index >= 15 is 0 Å². The van der Waals surface area contributed by atoms with Crippen LogP contribution in [0.25, 0.3) is 5.65 Å². The zero-order valence-electron chi connectivity index (χ0n) is 22.7. The number of hydrogen-bond donors (Lipinski definition) is 2. The second-order valence-electron chi connectivity index (χ2n) is 9.51. The third-order valence-corrected chi connectivity index (χ3v) is 6.33. The minimum Gasteiger partial charge on any atom is -0.485 e. The maximum absolute atomic E-state index is 14.1. The molecule has 0 saturated carbocycles. The average Bonchev–Trinajstić information content (AvgIpc) is 3.26. The van der Waals surface area contributed by atoms with Gasteiger partial charge in [0.05, 0.1) is 11.3 Å². The Balaban J connectivity index is 1.44. The van der Waals surface area contributed by atoms with Crippen molar-refractivity contribution in [3.8, 4) is 5.75 Å². The van der Waals surface area contributed by atoms with E-state index in [1.165, 1.54) is 18.2 Å². The van der Waals surface area contributed by atoms with Crippen molar-refractivity contribution in [2.45, 2.75) is 52.9 Å². The monoisotopic (exact) mass is 550 g/mol. The lowest BCUT2D eigenvalue weighted by molar-refractivity contribution is 0.0938. The van der Waals surface area contributed by atoms with Gasteiger partial charge in [0.2, 0.25) is 0 Å². The van der Waals surface area contributed by atoms with E-state index in [4.69, 9.17) is 9.47 Å². The van der Waals surface area contributed by atoms with Crippen molar-refractivity contribution in [2.75, 3.05) is 6.54 Å². The molecule has 1 atom stereocenters. The molecule has 2 heterocycles. The summed E-state index contributed by atoms with van der Waals surface area (Å²) in [5.41, 5.74) is 2.53. The van der Waals surface area contributed by atoms with Gasteiger partial charge >= 0.3 is 6.09 Å². The van der Waals surface area contributed by atoms with Gasteiger partial charge in [0.1, 0.15) is 30.5 Å². The van der Waals surface area contributed by atoms with Gasteiger partial charge in [-0.25, -0.2) is 18.6 Å². The van der Waals surface area contributed by atoms with Gasteiger partial charge in [0, 0.05) is 18.8 Å². The molecule has 1 unspecified atom stereocenters. The zero-order chi connectivity index (χ0) is 28.6. The molecule has 4 rings (SSSR count). The number of ether oxygens (including phenoxy) is 2. The summed E-state index contributed by atoms with van der Waals surface area (Å²) in [5.74, 6) is -1.51. The number of nitrogens with one attached hydrogen (secondary N) is 2. The number of imidazole rings is 1. The normalized spacial score (nSPS) is 11.7. The molecule has 0 radical (unpaired) electrons. The molecular weight excluding hydrogens is 518 g/mol. The molecule has 0 aliphatic heterocycles. The van der Waals surface area contributed by atoms with Crippen molar-refractivity contribution in [1.29, 1.82) is 0 Å². The fourth-order valence-corrected chi connectivity index (χ4v) is 4.36. The molecule has 2 aromatic heterocycles. The van der Waals surface area contributed by atoms with Gasteiger partial charge in [-0.2, -0.15) is 0 Å². The van der Waals surface area contributed by atoms with E-state index in [9.17, 15) is 18.4 Å². The summed E-state index contributed by atoms with van der Waals surface area (Å²) in [4.78, 5) is 30.1. The lowest BCUT2D eigenvalue weighted by atomic mass is 10.1. The van der Waals surface area contributed by atoms with Gasteiger partial charge in [-0.15, -0.1) is 0 Å². The zero-order valence-corrected chi connectivity index (χ0v) is 22.7. The van der Waals surface area contributed by atoms with Crippen molar-refractivity contribution < 1.29 is 27.8 Å². The number of pyridine rings is 1. The highest BCUT2D eigenvalue weighted by Crippen LogP contribution is 2.26. The minimum atomic E-state index is -0.706. The number of amides is 2. The average molecular weight is 551 g/mol. The van der Waals surface area contributed by atoms with Crippen molar-refractivity contribution in [2.24, 2.45) is 0 Å². The minimum absolute atomic E-state index is 0.145. The Morgan fingerprint density at radius 1 is 1.02 bits per heavy atom. The standard InChI is InChI=1S/C30H32F2N4O4/c1-4-9-22(35-30(38)40-17-21-10-6-5-7-11-21)15-33-29(37)27-20(3)34-28-26(14-19(2)16-36(27)28)39-18-23-24(31)12-8-13-25(23)32/h5-8,10-14,16,22H,4,9,15,17-18H2,1-3H3,(H,33,37)(H,35,38). The van der Waals surface area contributed by atoms with E-state index in [1.54, 1.807) is 23.6 Å². The predicted molar refractivity (Wildman–Crippen MR) is 146 cm³/mol. The van der Waals surface area contributed by atoms with E-state index in [-0.39, 0.29) is 43.0 Å². The highest BCUT2D eigenvalue weighted by atomic mass is 19.1. The van der Waals surface area contributed by atoms with E-state index in [0.29, 0.717) is 23.5 Å². The number of hydrogen-bond acceptors (Lipinski definition) is 5. The maximum atomic E-state index is 14.1. The first-order valence-corrected chi connectivity index (χ1v) is 13.1. The largest absolute Gasteiger partial charge is 0.485 e. The Kier molecular flexibility index (Phi) is 9.31. The molecule has 0 aliphatic carbocycles. The van der Waals surface area contributed by atoms with Crippen LogP contribution in [0.2, 0.25) is 0 Å². The van der Waals surface area contributed by atoms with Gasteiger partial charge in [-0.3, -0.25) is 9.20 Å². The molecule has 0 spiro atoms.